The van der Waals surface area contributed by atoms with Crippen LogP contribution in [0.15, 0.2) is 71.4 Å². The topological polar surface area (TPSA) is 65.0 Å². The maximum atomic E-state index is 12.6. The first-order valence-electron chi connectivity index (χ1n) is 9.63. The number of nitrogens with zero attached hydrogens (tertiary/aromatic N) is 3. The first-order chi connectivity index (χ1) is 14.0. The predicted octanol–water partition coefficient (Wildman–Crippen LogP) is 4.42. The molecule has 1 amide bonds. The molecule has 0 bridgehead atoms. The predicted molar refractivity (Wildman–Crippen MR) is 111 cm³/mol. The van der Waals surface area contributed by atoms with Gasteiger partial charge < -0.3 is 14.3 Å². The van der Waals surface area contributed by atoms with E-state index in [-0.39, 0.29) is 11.9 Å². The Hall–Kier alpha value is -3.54. The number of nitrogens with one attached hydrogen (secondary N) is 1. The molecule has 29 heavy (non-hydrogen) atoms. The van der Waals surface area contributed by atoms with Crippen LogP contribution in [0.25, 0.3) is 5.69 Å². The van der Waals surface area contributed by atoms with Gasteiger partial charge in [0.05, 0.1) is 18.3 Å². The number of benzene rings is 1. The van der Waals surface area contributed by atoms with Gasteiger partial charge in [-0.15, -0.1) is 0 Å². The van der Waals surface area contributed by atoms with Crippen LogP contribution >= 0.6 is 0 Å². The number of hydrogen-bond donors (Lipinski definition) is 1. The van der Waals surface area contributed by atoms with Gasteiger partial charge in [-0.3, -0.25) is 9.48 Å². The number of rotatable bonds is 6. The van der Waals surface area contributed by atoms with E-state index in [1.165, 1.54) is 0 Å². The van der Waals surface area contributed by atoms with Crippen molar-refractivity contribution in [2.75, 3.05) is 0 Å². The number of aromatic nitrogens is 3. The summed E-state index contributed by atoms with van der Waals surface area (Å²) < 4.78 is 9.65. The molecular weight excluding hydrogens is 364 g/mol. The normalized spacial score (nSPS) is 12.1. The Morgan fingerprint density at radius 3 is 2.48 bits per heavy atom. The molecule has 0 aliphatic rings. The van der Waals surface area contributed by atoms with Crippen LogP contribution in [0.1, 0.15) is 46.2 Å². The van der Waals surface area contributed by atoms with Crippen LogP contribution in [-0.2, 0) is 6.54 Å². The van der Waals surface area contributed by atoms with Gasteiger partial charge in [-0.05, 0) is 68.8 Å². The molecule has 1 aromatic carbocycles. The highest BCUT2D eigenvalue weighted by Crippen LogP contribution is 2.18. The molecule has 0 fully saturated rings. The third kappa shape index (κ3) is 4.16. The maximum Gasteiger partial charge on any atom is 0.287 e. The minimum atomic E-state index is -0.230. The van der Waals surface area contributed by atoms with Gasteiger partial charge in [0, 0.05) is 23.8 Å². The molecule has 6 heteroatoms. The fourth-order valence-electron chi connectivity index (χ4n) is 3.36. The number of amides is 1. The number of carbonyl (C=O) groups excluding carboxylic acids is 1. The summed E-state index contributed by atoms with van der Waals surface area (Å²) in [5, 5.41) is 7.43. The molecule has 1 unspecified atom stereocenters. The molecule has 0 radical (unpaired) electrons. The molecule has 1 atom stereocenters. The van der Waals surface area contributed by atoms with Crippen molar-refractivity contribution in [2.45, 2.75) is 33.4 Å². The highest BCUT2D eigenvalue weighted by Gasteiger charge is 2.16. The fraction of sp³-hybridized carbons (Fsp3) is 0.217. The van der Waals surface area contributed by atoms with Crippen LogP contribution in [0.5, 0.6) is 0 Å². The molecule has 1 N–H and O–H groups in total. The van der Waals surface area contributed by atoms with E-state index in [1.54, 1.807) is 6.07 Å². The zero-order chi connectivity index (χ0) is 20.4. The van der Waals surface area contributed by atoms with E-state index in [4.69, 9.17) is 4.42 Å². The summed E-state index contributed by atoms with van der Waals surface area (Å²) in [6, 6.07) is 17.5. The summed E-state index contributed by atoms with van der Waals surface area (Å²) in [5.41, 5.74) is 4.13. The van der Waals surface area contributed by atoms with Gasteiger partial charge in [0.2, 0.25) is 0 Å². The van der Waals surface area contributed by atoms with Crippen molar-refractivity contribution in [3.63, 3.8) is 0 Å². The van der Waals surface area contributed by atoms with E-state index in [0.29, 0.717) is 18.1 Å². The fourth-order valence-corrected chi connectivity index (χ4v) is 3.36. The third-order valence-electron chi connectivity index (χ3n) is 4.94. The molecular formula is C23H24N4O2. The summed E-state index contributed by atoms with van der Waals surface area (Å²) in [5.74, 6) is 0.772. The third-order valence-corrected chi connectivity index (χ3v) is 4.94. The molecule has 4 rings (SSSR count). The van der Waals surface area contributed by atoms with Gasteiger partial charge in [0.15, 0.2) is 5.76 Å². The minimum Gasteiger partial charge on any atom is -0.454 e. The van der Waals surface area contributed by atoms with Gasteiger partial charge in [-0.1, -0.05) is 12.1 Å². The first kappa shape index (κ1) is 18.8. The second-order valence-electron chi connectivity index (χ2n) is 7.23. The smallest absolute Gasteiger partial charge is 0.287 e. The Morgan fingerprint density at radius 2 is 1.83 bits per heavy atom. The van der Waals surface area contributed by atoms with E-state index in [2.05, 4.69) is 10.4 Å². The van der Waals surface area contributed by atoms with Crippen molar-refractivity contribution in [3.8, 4) is 5.69 Å². The van der Waals surface area contributed by atoms with Crippen LogP contribution in [0.4, 0.5) is 0 Å². The van der Waals surface area contributed by atoms with E-state index in [9.17, 15) is 4.79 Å². The van der Waals surface area contributed by atoms with E-state index in [0.717, 1.165) is 22.6 Å². The Balaban J connectivity index is 1.40. The van der Waals surface area contributed by atoms with Crippen LogP contribution in [0.3, 0.4) is 0 Å². The summed E-state index contributed by atoms with van der Waals surface area (Å²) in [6.45, 7) is 6.42. The standard InChI is InChI=1S/C23H24N4O2/c1-16-14-17(2)27(25-16)15-21-10-11-22(29-21)23(28)24-18(3)19-6-8-20(9-7-19)26-12-4-5-13-26/h4-14,18H,15H2,1-3H3,(H,24,28). The molecule has 148 valence electrons. The minimum absolute atomic E-state index is 0.134. The largest absolute Gasteiger partial charge is 0.454 e. The zero-order valence-electron chi connectivity index (χ0n) is 16.8. The summed E-state index contributed by atoms with van der Waals surface area (Å²) >= 11 is 0. The van der Waals surface area contributed by atoms with Crippen molar-refractivity contribution in [1.82, 2.24) is 19.7 Å². The highest BCUT2D eigenvalue weighted by molar-refractivity contribution is 5.91. The van der Waals surface area contributed by atoms with Gasteiger partial charge in [-0.2, -0.15) is 5.10 Å². The Kier molecular flexibility index (Phi) is 5.08. The quantitative estimate of drug-likeness (QED) is 0.532. The lowest BCUT2D eigenvalue weighted by molar-refractivity contribution is 0.0909. The number of furan rings is 1. The second-order valence-corrected chi connectivity index (χ2v) is 7.23. The van der Waals surface area contributed by atoms with Crippen molar-refractivity contribution >= 4 is 5.91 Å². The van der Waals surface area contributed by atoms with Gasteiger partial charge in [-0.25, -0.2) is 0 Å². The molecule has 3 heterocycles. The Bertz CT molecular complexity index is 1100. The lowest BCUT2D eigenvalue weighted by Crippen LogP contribution is -2.26. The molecule has 3 aromatic heterocycles. The first-order valence-corrected chi connectivity index (χ1v) is 9.63. The summed E-state index contributed by atoms with van der Waals surface area (Å²) in [7, 11) is 0. The van der Waals surface area contributed by atoms with Crippen LogP contribution in [-0.4, -0.2) is 20.3 Å². The zero-order valence-corrected chi connectivity index (χ0v) is 16.8. The number of carbonyl (C=O) groups is 1. The maximum absolute atomic E-state index is 12.6. The average Bonchev–Trinajstić information content (AvgIpc) is 3.44. The lowest BCUT2D eigenvalue weighted by atomic mass is 10.1. The Morgan fingerprint density at radius 1 is 1.10 bits per heavy atom. The van der Waals surface area contributed by atoms with Crippen molar-refractivity contribution in [1.29, 1.82) is 0 Å². The van der Waals surface area contributed by atoms with Crippen LogP contribution in [0, 0.1) is 13.8 Å². The molecule has 0 spiro atoms. The van der Waals surface area contributed by atoms with Crippen LogP contribution < -0.4 is 5.32 Å². The molecule has 0 aliphatic carbocycles. The van der Waals surface area contributed by atoms with Crippen molar-refractivity contribution in [2.24, 2.45) is 0 Å². The molecule has 6 nitrogen and oxygen atoms in total. The lowest BCUT2D eigenvalue weighted by Gasteiger charge is -2.14. The monoisotopic (exact) mass is 388 g/mol. The SMILES string of the molecule is Cc1cc(C)n(Cc2ccc(C(=O)NC(C)c3ccc(-n4cccc4)cc3)o2)n1. The molecule has 0 saturated carbocycles. The van der Waals surface area contributed by atoms with Gasteiger partial charge in [0.25, 0.3) is 5.91 Å². The van der Waals surface area contributed by atoms with Gasteiger partial charge in [0.1, 0.15) is 5.76 Å². The van der Waals surface area contributed by atoms with E-state index < -0.39 is 0 Å². The van der Waals surface area contributed by atoms with Crippen molar-refractivity contribution in [3.05, 3.63) is 95.5 Å². The summed E-state index contributed by atoms with van der Waals surface area (Å²) in [4.78, 5) is 12.6. The molecule has 0 saturated heterocycles. The van der Waals surface area contributed by atoms with Crippen LogP contribution in [0.2, 0.25) is 0 Å². The van der Waals surface area contributed by atoms with E-state index in [1.807, 2.05) is 90.9 Å². The van der Waals surface area contributed by atoms with E-state index >= 15 is 0 Å². The van der Waals surface area contributed by atoms with Gasteiger partial charge >= 0.3 is 0 Å². The second kappa shape index (κ2) is 7.83. The summed E-state index contributed by atoms with van der Waals surface area (Å²) in [6.07, 6.45) is 4.00. The molecule has 0 aliphatic heterocycles. The Labute approximate surface area is 169 Å². The van der Waals surface area contributed by atoms with Crippen molar-refractivity contribution < 1.29 is 9.21 Å². The highest BCUT2D eigenvalue weighted by atomic mass is 16.4. The number of hydrogen-bond acceptors (Lipinski definition) is 3. The number of aryl methyl sites for hydroxylation is 2. The molecule has 4 aromatic rings. The average molecular weight is 388 g/mol.